The van der Waals surface area contributed by atoms with Crippen molar-refractivity contribution in [2.45, 2.75) is 5.37 Å². The van der Waals surface area contributed by atoms with Gasteiger partial charge >= 0.3 is 5.97 Å². The Labute approximate surface area is 91.1 Å². The van der Waals surface area contributed by atoms with E-state index in [2.05, 4.69) is 0 Å². The van der Waals surface area contributed by atoms with E-state index >= 15 is 0 Å². The molecule has 2 aliphatic rings. The van der Waals surface area contributed by atoms with Gasteiger partial charge in [-0.25, -0.2) is 0 Å². The third-order valence-corrected chi connectivity index (χ3v) is 3.82. The van der Waals surface area contributed by atoms with Crippen molar-refractivity contribution in [2.24, 2.45) is 5.92 Å². The molecule has 1 saturated heterocycles. The molecule has 1 amide bonds. The predicted octanol–water partition coefficient (Wildman–Crippen LogP) is 0.133. The van der Waals surface area contributed by atoms with Gasteiger partial charge in [0, 0.05) is 19.1 Å². The second kappa shape index (κ2) is 3.86. The van der Waals surface area contributed by atoms with Gasteiger partial charge in [0.15, 0.2) is 5.92 Å². The van der Waals surface area contributed by atoms with Crippen molar-refractivity contribution in [1.29, 1.82) is 0 Å². The highest BCUT2D eigenvalue weighted by Crippen LogP contribution is 2.40. The minimum absolute atomic E-state index is 0.226. The Hall–Kier alpha value is -1.01. The van der Waals surface area contributed by atoms with Gasteiger partial charge in [0.25, 0.3) is 0 Å². The first-order valence-electron chi connectivity index (χ1n) is 4.50. The highest BCUT2D eigenvalue weighted by molar-refractivity contribution is 8.00. The lowest BCUT2D eigenvalue weighted by Crippen LogP contribution is -2.61. The van der Waals surface area contributed by atoms with E-state index in [1.807, 2.05) is 0 Å². The molecule has 2 heterocycles. The van der Waals surface area contributed by atoms with Gasteiger partial charge in [0.2, 0.25) is 5.91 Å². The van der Waals surface area contributed by atoms with Gasteiger partial charge in [0.1, 0.15) is 5.37 Å². The molecule has 0 aromatic heterocycles. The summed E-state index contributed by atoms with van der Waals surface area (Å²) < 4.78 is 4.96. The van der Waals surface area contributed by atoms with Crippen molar-refractivity contribution in [3.63, 3.8) is 0 Å². The molecule has 2 atom stereocenters. The maximum Gasteiger partial charge on any atom is 0.319 e. The third kappa shape index (κ3) is 1.63. The minimum Gasteiger partial charge on any atom is -0.481 e. The van der Waals surface area contributed by atoms with Gasteiger partial charge < -0.3 is 14.7 Å². The van der Waals surface area contributed by atoms with Crippen molar-refractivity contribution >= 4 is 23.6 Å². The van der Waals surface area contributed by atoms with Crippen LogP contribution in [0.1, 0.15) is 0 Å². The molecule has 1 fully saturated rings. The Morgan fingerprint density at radius 1 is 1.80 bits per heavy atom. The molecule has 2 aliphatic heterocycles. The van der Waals surface area contributed by atoms with Crippen LogP contribution in [0.2, 0.25) is 0 Å². The van der Waals surface area contributed by atoms with E-state index in [-0.39, 0.29) is 11.3 Å². The van der Waals surface area contributed by atoms with E-state index in [9.17, 15) is 9.59 Å². The lowest BCUT2D eigenvalue weighted by atomic mass is 9.98. The summed E-state index contributed by atoms with van der Waals surface area (Å²) in [4.78, 5) is 23.7. The fourth-order valence-corrected chi connectivity index (χ4v) is 3.01. The molecule has 0 aromatic rings. The van der Waals surface area contributed by atoms with Crippen LogP contribution in [0, 0.1) is 5.92 Å². The van der Waals surface area contributed by atoms with Crippen molar-refractivity contribution in [2.75, 3.05) is 19.5 Å². The van der Waals surface area contributed by atoms with Gasteiger partial charge in [-0.1, -0.05) is 0 Å². The number of thioether (sulfide) groups is 1. The van der Waals surface area contributed by atoms with Crippen LogP contribution in [-0.2, 0) is 14.3 Å². The van der Waals surface area contributed by atoms with Crippen LogP contribution in [0.25, 0.3) is 0 Å². The molecule has 0 bridgehead atoms. The summed E-state index contributed by atoms with van der Waals surface area (Å²) in [5.74, 6) is -1.49. The number of nitrogens with zero attached hydrogens (tertiary/aromatic N) is 1. The third-order valence-electron chi connectivity index (χ3n) is 2.44. The average Bonchev–Trinajstić information content (AvgIpc) is 2.18. The smallest absolute Gasteiger partial charge is 0.319 e. The maximum atomic E-state index is 11.4. The standard InChI is InChI=1S/C9H11NO4S/c1-14-3-5-2-10-7(11)6(9(12)13)8(10)15-4-5/h2,6,8H,3-4H2,1H3,(H,12,13)/t6?,8-/m0/s1. The number of fused-ring (bicyclic) bond motifs is 1. The number of carboxylic acids is 1. The molecule has 0 aliphatic carbocycles. The number of carboxylic acid groups (broad SMARTS) is 1. The number of β-lactam (4-membered cyclic amide) rings is 1. The highest BCUT2D eigenvalue weighted by Gasteiger charge is 2.52. The largest absolute Gasteiger partial charge is 0.481 e. The molecule has 1 unspecified atom stereocenters. The van der Waals surface area contributed by atoms with Gasteiger partial charge in [-0.2, -0.15) is 0 Å². The van der Waals surface area contributed by atoms with Crippen LogP contribution in [0.15, 0.2) is 11.8 Å². The molecule has 5 nitrogen and oxygen atoms in total. The quantitative estimate of drug-likeness (QED) is 0.550. The Kier molecular flexibility index (Phi) is 2.70. The van der Waals surface area contributed by atoms with E-state index in [0.717, 1.165) is 11.3 Å². The number of hydrogen-bond donors (Lipinski definition) is 1. The topological polar surface area (TPSA) is 66.8 Å². The molecule has 0 aromatic carbocycles. The Balaban J connectivity index is 2.09. The first kappa shape index (κ1) is 10.5. The van der Waals surface area contributed by atoms with Crippen molar-refractivity contribution in [1.82, 2.24) is 4.90 Å². The number of hydrogen-bond acceptors (Lipinski definition) is 4. The van der Waals surface area contributed by atoms with Gasteiger partial charge in [-0.05, 0) is 5.57 Å². The van der Waals surface area contributed by atoms with E-state index < -0.39 is 11.9 Å². The number of carbonyl (C=O) groups excluding carboxylic acids is 1. The molecule has 15 heavy (non-hydrogen) atoms. The lowest BCUT2D eigenvalue weighted by Gasteiger charge is -2.45. The molecule has 6 heteroatoms. The second-order valence-corrected chi connectivity index (χ2v) is 4.59. The summed E-state index contributed by atoms with van der Waals surface area (Å²) in [6.45, 7) is 0.487. The zero-order chi connectivity index (χ0) is 11.0. The Morgan fingerprint density at radius 3 is 3.13 bits per heavy atom. The minimum atomic E-state index is -1.03. The molecule has 0 spiro atoms. The number of amides is 1. The fraction of sp³-hybridized carbons (Fsp3) is 0.556. The van der Waals surface area contributed by atoms with Crippen LogP contribution in [0.3, 0.4) is 0 Å². The lowest BCUT2D eigenvalue weighted by molar-refractivity contribution is -0.161. The first-order chi connectivity index (χ1) is 7.15. The Morgan fingerprint density at radius 2 is 2.53 bits per heavy atom. The number of rotatable bonds is 3. The molecule has 2 rings (SSSR count). The highest BCUT2D eigenvalue weighted by atomic mass is 32.2. The molecular formula is C9H11NO4S. The molecular weight excluding hydrogens is 218 g/mol. The first-order valence-corrected chi connectivity index (χ1v) is 5.55. The van der Waals surface area contributed by atoms with E-state index in [4.69, 9.17) is 9.84 Å². The fourth-order valence-electron chi connectivity index (χ4n) is 1.72. The van der Waals surface area contributed by atoms with Crippen LogP contribution < -0.4 is 0 Å². The van der Waals surface area contributed by atoms with Crippen molar-refractivity contribution in [3.8, 4) is 0 Å². The molecule has 0 radical (unpaired) electrons. The summed E-state index contributed by atoms with van der Waals surface area (Å²) in [6, 6.07) is 0. The monoisotopic (exact) mass is 229 g/mol. The second-order valence-electron chi connectivity index (χ2n) is 3.48. The maximum absolute atomic E-state index is 11.4. The van der Waals surface area contributed by atoms with Gasteiger partial charge in [-0.3, -0.25) is 9.59 Å². The molecule has 1 N–H and O–H groups in total. The summed E-state index contributed by atoms with van der Waals surface area (Å²) in [5, 5.41) is 8.58. The average molecular weight is 229 g/mol. The zero-order valence-corrected chi connectivity index (χ0v) is 8.99. The summed E-state index contributed by atoms with van der Waals surface area (Å²) in [6.07, 6.45) is 1.71. The number of aliphatic carboxylic acids is 1. The zero-order valence-electron chi connectivity index (χ0n) is 8.17. The van der Waals surface area contributed by atoms with E-state index in [1.54, 1.807) is 13.3 Å². The molecule has 0 saturated carbocycles. The number of methoxy groups -OCH3 is 1. The summed E-state index contributed by atoms with van der Waals surface area (Å²) in [5.41, 5.74) is 1.01. The van der Waals surface area contributed by atoms with Gasteiger partial charge in [-0.15, -0.1) is 11.8 Å². The van der Waals surface area contributed by atoms with Crippen LogP contribution in [-0.4, -0.2) is 46.7 Å². The number of carbonyl (C=O) groups is 2. The Bertz CT molecular complexity index is 341. The van der Waals surface area contributed by atoms with Crippen LogP contribution in [0.4, 0.5) is 0 Å². The number of ether oxygens (including phenoxy) is 1. The molecule has 82 valence electrons. The summed E-state index contributed by atoms with van der Waals surface area (Å²) >= 11 is 1.48. The van der Waals surface area contributed by atoms with E-state index in [1.165, 1.54) is 16.7 Å². The van der Waals surface area contributed by atoms with Crippen molar-refractivity contribution in [3.05, 3.63) is 11.8 Å². The van der Waals surface area contributed by atoms with Crippen molar-refractivity contribution < 1.29 is 19.4 Å². The normalized spacial score (nSPS) is 29.3. The predicted molar refractivity (Wildman–Crippen MR) is 54.2 cm³/mol. The van der Waals surface area contributed by atoms with Crippen LogP contribution >= 0.6 is 11.8 Å². The van der Waals surface area contributed by atoms with Gasteiger partial charge in [0.05, 0.1) is 6.61 Å². The SMILES string of the molecule is COCC1=CN2C(=O)C(C(=O)O)[C@@H]2SC1. The van der Waals surface area contributed by atoms with Crippen LogP contribution in [0.5, 0.6) is 0 Å². The summed E-state index contributed by atoms with van der Waals surface area (Å²) in [7, 11) is 1.59. The van der Waals surface area contributed by atoms with E-state index in [0.29, 0.717) is 6.61 Å².